The maximum atomic E-state index is 12.5. The Balaban J connectivity index is 2.96. The average Bonchev–Trinajstić information content (AvgIpc) is 2.38. The maximum Gasteiger partial charge on any atom is 0.255 e. The number of aryl methyl sites for hydroxylation is 1. The van der Waals surface area contributed by atoms with Crippen LogP contribution in [0.1, 0.15) is 22.8 Å². The Morgan fingerprint density at radius 1 is 1.26 bits per heavy atom. The van der Waals surface area contributed by atoms with Crippen molar-refractivity contribution in [2.75, 3.05) is 27.2 Å². The third-order valence-electron chi connectivity index (χ3n) is 2.92. The minimum absolute atomic E-state index is 0.0714. The molecule has 0 fully saturated rings. The first-order valence-corrected chi connectivity index (χ1v) is 7.20. The van der Waals surface area contributed by atoms with E-state index < -0.39 is 0 Å². The summed E-state index contributed by atoms with van der Waals surface area (Å²) in [6, 6.07) is 5.64. The van der Waals surface area contributed by atoms with Crippen LogP contribution >= 0.6 is 22.6 Å². The lowest BCUT2D eigenvalue weighted by Crippen LogP contribution is -2.40. The molecule has 0 atom stereocenters. The Hall–Kier alpha value is -1.11. The highest BCUT2D eigenvalue weighted by molar-refractivity contribution is 14.1. The van der Waals surface area contributed by atoms with Gasteiger partial charge in [-0.2, -0.15) is 0 Å². The summed E-state index contributed by atoms with van der Waals surface area (Å²) in [6.45, 7) is 4.48. The van der Waals surface area contributed by atoms with E-state index in [-0.39, 0.29) is 18.4 Å². The van der Waals surface area contributed by atoms with Gasteiger partial charge in [-0.15, -0.1) is 0 Å². The molecule has 0 aliphatic rings. The molecule has 0 saturated carbocycles. The van der Waals surface area contributed by atoms with E-state index in [1.165, 1.54) is 4.90 Å². The molecule has 5 heteroatoms. The van der Waals surface area contributed by atoms with Crippen LogP contribution < -0.4 is 0 Å². The average molecular weight is 374 g/mol. The highest BCUT2D eigenvalue weighted by atomic mass is 127. The van der Waals surface area contributed by atoms with Crippen molar-refractivity contribution in [2.24, 2.45) is 0 Å². The molecule has 1 rings (SSSR count). The van der Waals surface area contributed by atoms with Crippen molar-refractivity contribution in [3.8, 4) is 0 Å². The summed E-state index contributed by atoms with van der Waals surface area (Å²) in [6.07, 6.45) is 0. The second kappa shape index (κ2) is 6.88. The molecule has 19 heavy (non-hydrogen) atoms. The Bertz CT molecular complexity index is 486. The molecule has 0 bridgehead atoms. The number of likely N-dealkylation sites (N-methyl/N-ethyl adjacent to an activating group) is 2. The minimum atomic E-state index is -0.0919. The highest BCUT2D eigenvalue weighted by Gasteiger charge is 2.20. The minimum Gasteiger partial charge on any atom is -0.347 e. The molecule has 0 saturated heterocycles. The number of rotatable bonds is 4. The van der Waals surface area contributed by atoms with Gasteiger partial charge in [0.05, 0.1) is 12.1 Å². The number of amides is 2. The lowest BCUT2D eigenvalue weighted by atomic mass is 10.1. The van der Waals surface area contributed by atoms with Crippen LogP contribution in [0.25, 0.3) is 0 Å². The molecule has 0 aliphatic heterocycles. The fourth-order valence-corrected chi connectivity index (χ4v) is 2.21. The van der Waals surface area contributed by atoms with Crippen LogP contribution in [0, 0.1) is 10.5 Å². The van der Waals surface area contributed by atoms with E-state index in [9.17, 15) is 9.59 Å². The summed E-state index contributed by atoms with van der Waals surface area (Å²) in [5.74, 6) is -0.163. The number of carbonyl (C=O) groups excluding carboxylic acids is 2. The van der Waals surface area contributed by atoms with Crippen LogP contribution in [-0.2, 0) is 4.79 Å². The Labute approximate surface area is 127 Å². The Morgan fingerprint density at radius 3 is 2.42 bits per heavy atom. The van der Waals surface area contributed by atoms with Crippen molar-refractivity contribution >= 4 is 34.4 Å². The molecule has 0 spiro atoms. The Morgan fingerprint density at radius 2 is 1.89 bits per heavy atom. The summed E-state index contributed by atoms with van der Waals surface area (Å²) >= 11 is 2.17. The zero-order valence-corrected chi connectivity index (χ0v) is 13.9. The third kappa shape index (κ3) is 3.92. The Kier molecular flexibility index (Phi) is 5.78. The van der Waals surface area contributed by atoms with Crippen molar-refractivity contribution in [3.05, 3.63) is 32.9 Å². The number of hydrogen-bond acceptors (Lipinski definition) is 2. The van der Waals surface area contributed by atoms with Gasteiger partial charge in [0, 0.05) is 24.2 Å². The molecule has 2 amide bonds. The SMILES string of the molecule is CCN(CC(=O)N(C)C)C(=O)c1cccc(C)c1I. The quantitative estimate of drug-likeness (QED) is 0.758. The van der Waals surface area contributed by atoms with Crippen LogP contribution in [0.5, 0.6) is 0 Å². The standard InChI is InChI=1S/C14H19IN2O2/c1-5-17(9-12(18)16(3)4)14(19)11-8-6-7-10(2)13(11)15/h6-8H,5,9H2,1-4H3. The van der Waals surface area contributed by atoms with Gasteiger partial charge >= 0.3 is 0 Å². The van der Waals surface area contributed by atoms with Gasteiger partial charge < -0.3 is 9.80 Å². The second-order valence-corrected chi connectivity index (χ2v) is 5.62. The van der Waals surface area contributed by atoms with Crippen molar-refractivity contribution in [1.29, 1.82) is 0 Å². The fraction of sp³-hybridized carbons (Fsp3) is 0.429. The van der Waals surface area contributed by atoms with Crippen LogP contribution in [0.15, 0.2) is 18.2 Å². The molecule has 104 valence electrons. The molecule has 0 radical (unpaired) electrons. The van der Waals surface area contributed by atoms with Gasteiger partial charge in [0.2, 0.25) is 5.91 Å². The van der Waals surface area contributed by atoms with E-state index in [0.717, 1.165) is 9.13 Å². The van der Waals surface area contributed by atoms with Gasteiger partial charge in [-0.05, 0) is 48.1 Å². The van der Waals surface area contributed by atoms with Gasteiger partial charge in [-0.25, -0.2) is 0 Å². The van der Waals surface area contributed by atoms with Gasteiger partial charge in [0.15, 0.2) is 0 Å². The van der Waals surface area contributed by atoms with Crippen LogP contribution in [0.2, 0.25) is 0 Å². The summed E-state index contributed by atoms with van der Waals surface area (Å²) in [4.78, 5) is 27.3. The molecule has 0 aliphatic carbocycles. The lowest BCUT2D eigenvalue weighted by molar-refractivity contribution is -0.129. The van der Waals surface area contributed by atoms with Gasteiger partial charge in [-0.1, -0.05) is 12.1 Å². The maximum absolute atomic E-state index is 12.5. The number of carbonyl (C=O) groups is 2. The lowest BCUT2D eigenvalue weighted by Gasteiger charge is -2.23. The van der Waals surface area contributed by atoms with Crippen molar-refractivity contribution in [1.82, 2.24) is 9.80 Å². The van der Waals surface area contributed by atoms with Gasteiger partial charge in [-0.3, -0.25) is 9.59 Å². The summed E-state index contributed by atoms with van der Waals surface area (Å²) < 4.78 is 0.945. The zero-order chi connectivity index (χ0) is 14.6. The number of benzene rings is 1. The predicted molar refractivity (Wildman–Crippen MR) is 84.2 cm³/mol. The molecular weight excluding hydrogens is 355 g/mol. The monoisotopic (exact) mass is 374 g/mol. The second-order valence-electron chi connectivity index (χ2n) is 4.54. The molecule has 1 aromatic carbocycles. The van der Waals surface area contributed by atoms with E-state index in [1.54, 1.807) is 25.1 Å². The first-order chi connectivity index (χ1) is 8.88. The number of halogens is 1. The number of hydrogen-bond donors (Lipinski definition) is 0. The molecule has 1 aromatic rings. The van der Waals surface area contributed by atoms with Crippen LogP contribution in [0.4, 0.5) is 0 Å². The van der Waals surface area contributed by atoms with Gasteiger partial charge in [0.1, 0.15) is 0 Å². The zero-order valence-electron chi connectivity index (χ0n) is 11.7. The first-order valence-electron chi connectivity index (χ1n) is 6.13. The van der Waals surface area contributed by atoms with E-state index in [2.05, 4.69) is 22.6 Å². The van der Waals surface area contributed by atoms with E-state index in [1.807, 2.05) is 26.0 Å². The van der Waals surface area contributed by atoms with E-state index in [0.29, 0.717) is 12.1 Å². The van der Waals surface area contributed by atoms with Crippen LogP contribution in [-0.4, -0.2) is 48.8 Å². The molecule has 0 N–H and O–H groups in total. The molecule has 4 nitrogen and oxygen atoms in total. The summed E-state index contributed by atoms with van der Waals surface area (Å²) in [7, 11) is 3.38. The van der Waals surface area contributed by atoms with Crippen LogP contribution in [0.3, 0.4) is 0 Å². The summed E-state index contributed by atoms with van der Waals surface area (Å²) in [5, 5.41) is 0. The molecule has 0 heterocycles. The molecule has 0 aromatic heterocycles. The van der Waals surface area contributed by atoms with E-state index in [4.69, 9.17) is 0 Å². The predicted octanol–water partition coefficient (Wildman–Crippen LogP) is 2.15. The van der Waals surface area contributed by atoms with Crippen molar-refractivity contribution in [2.45, 2.75) is 13.8 Å². The van der Waals surface area contributed by atoms with Crippen molar-refractivity contribution in [3.63, 3.8) is 0 Å². The van der Waals surface area contributed by atoms with E-state index >= 15 is 0 Å². The smallest absolute Gasteiger partial charge is 0.255 e. The third-order valence-corrected chi connectivity index (χ3v) is 4.35. The largest absolute Gasteiger partial charge is 0.347 e. The summed E-state index contributed by atoms with van der Waals surface area (Å²) in [5.41, 5.74) is 1.73. The normalized spacial score (nSPS) is 10.2. The molecular formula is C14H19IN2O2. The fourth-order valence-electron chi connectivity index (χ4n) is 1.61. The highest BCUT2D eigenvalue weighted by Crippen LogP contribution is 2.18. The number of nitrogens with zero attached hydrogens (tertiary/aromatic N) is 2. The first kappa shape index (κ1) is 15.9. The van der Waals surface area contributed by atoms with Gasteiger partial charge in [0.25, 0.3) is 5.91 Å². The topological polar surface area (TPSA) is 40.6 Å². The van der Waals surface area contributed by atoms with Crippen molar-refractivity contribution < 1.29 is 9.59 Å². The molecule has 0 unspecified atom stereocenters.